The molecule has 8 bridgehead atoms. The molecular formula is C46H56BrN5Zn. The Kier molecular flexibility index (Phi) is 16.3. The van der Waals surface area contributed by atoms with E-state index in [2.05, 4.69) is 102 Å². The number of rotatable bonds is 19. The van der Waals surface area contributed by atoms with E-state index in [1.165, 1.54) is 93.7 Å². The van der Waals surface area contributed by atoms with E-state index < -0.39 is 0 Å². The van der Waals surface area contributed by atoms with Gasteiger partial charge in [0, 0.05) is 11.8 Å². The standard InChI is InChI=1S/C46H56BrN5.Zn/c1-4-7-10-13-16-19-34-37-22-24-39(49-37)35(20-17-14-11-8-5-2)41-26-28-43(51-41)46(33-30-31-48-45(47)32-33)44-29-27-42(52-44)36(21-18-15-12-9-6-3)40-25-23-38(34)50-40;/h22-32H,4-21H2,1-3H3;/q-2;+2. The van der Waals surface area contributed by atoms with Crippen molar-refractivity contribution >= 4 is 62.3 Å². The van der Waals surface area contributed by atoms with Crippen LogP contribution >= 0.6 is 15.9 Å². The molecule has 0 aliphatic carbocycles. The van der Waals surface area contributed by atoms with Crippen molar-refractivity contribution < 1.29 is 19.5 Å². The Hall–Kier alpha value is -3.15. The summed E-state index contributed by atoms with van der Waals surface area (Å²) in [6, 6.07) is 13.1. The zero-order chi connectivity index (χ0) is 36.1. The molecule has 0 saturated carbocycles. The molecule has 4 aromatic heterocycles. The molecule has 0 N–H and O–H groups in total. The zero-order valence-electron chi connectivity index (χ0n) is 32.4. The third-order valence-electron chi connectivity index (χ3n) is 10.5. The molecule has 0 spiro atoms. The van der Waals surface area contributed by atoms with Gasteiger partial charge < -0.3 is 9.97 Å². The molecule has 0 amide bonds. The maximum atomic E-state index is 5.40. The molecule has 7 heteroatoms. The first-order valence-corrected chi connectivity index (χ1v) is 21.0. The van der Waals surface area contributed by atoms with Crippen LogP contribution in [0.3, 0.4) is 0 Å². The molecule has 2 aliphatic rings. The summed E-state index contributed by atoms with van der Waals surface area (Å²) in [5, 5.41) is 0. The van der Waals surface area contributed by atoms with Crippen LogP contribution in [0.4, 0.5) is 0 Å². The van der Waals surface area contributed by atoms with Crippen LogP contribution in [0.15, 0.2) is 47.2 Å². The Labute approximate surface area is 338 Å². The van der Waals surface area contributed by atoms with E-state index in [0.29, 0.717) is 0 Å². The fourth-order valence-corrected chi connectivity index (χ4v) is 7.96. The van der Waals surface area contributed by atoms with Crippen LogP contribution in [0, 0.1) is 0 Å². The summed E-state index contributed by atoms with van der Waals surface area (Å²) in [4.78, 5) is 26.0. The monoisotopic (exact) mass is 821 g/mol. The summed E-state index contributed by atoms with van der Waals surface area (Å²) in [5.74, 6) is 0. The number of unbranched alkanes of at least 4 members (excludes halogenated alkanes) is 12. The molecule has 0 unspecified atom stereocenters. The van der Waals surface area contributed by atoms with E-state index in [1.807, 2.05) is 6.20 Å². The molecule has 0 atom stereocenters. The zero-order valence-corrected chi connectivity index (χ0v) is 37.0. The van der Waals surface area contributed by atoms with Gasteiger partial charge in [0.1, 0.15) is 4.60 Å². The van der Waals surface area contributed by atoms with Crippen molar-refractivity contribution in [2.45, 2.75) is 136 Å². The Morgan fingerprint density at radius 1 is 0.491 bits per heavy atom. The predicted octanol–water partition coefficient (Wildman–Crippen LogP) is 13.3. The molecule has 0 aromatic carbocycles. The van der Waals surface area contributed by atoms with E-state index in [4.69, 9.17) is 19.9 Å². The number of hydrogen-bond acceptors (Lipinski definition) is 3. The van der Waals surface area contributed by atoms with Crippen LogP contribution < -0.4 is 9.97 Å². The Balaban J connectivity index is 0.00000541. The van der Waals surface area contributed by atoms with Crippen molar-refractivity contribution in [3.05, 3.63) is 86.7 Å². The van der Waals surface area contributed by atoms with Crippen molar-refractivity contribution in [1.82, 2.24) is 24.9 Å². The second-order valence-corrected chi connectivity index (χ2v) is 15.3. The number of aromatic nitrogens is 5. The molecule has 5 nitrogen and oxygen atoms in total. The van der Waals surface area contributed by atoms with Gasteiger partial charge in [-0.1, -0.05) is 128 Å². The Morgan fingerprint density at radius 3 is 1.32 bits per heavy atom. The Bertz CT molecular complexity index is 1910. The van der Waals surface area contributed by atoms with Crippen LogP contribution in [0.2, 0.25) is 0 Å². The van der Waals surface area contributed by atoms with E-state index in [1.54, 1.807) is 0 Å². The second kappa shape index (κ2) is 21.1. The average molecular weight is 824 g/mol. The second-order valence-electron chi connectivity index (χ2n) is 14.5. The van der Waals surface area contributed by atoms with Crippen molar-refractivity contribution in [2.75, 3.05) is 0 Å². The number of aryl methyl sites for hydroxylation is 3. The van der Waals surface area contributed by atoms with Gasteiger partial charge in [0.05, 0.1) is 22.8 Å². The molecular weight excluding hydrogens is 768 g/mol. The first kappa shape index (κ1) is 41.0. The minimum Gasteiger partial charge on any atom is -0.657 e. The quantitative estimate of drug-likeness (QED) is 0.0462. The third kappa shape index (κ3) is 10.8. The van der Waals surface area contributed by atoms with Crippen molar-refractivity contribution in [3.63, 3.8) is 0 Å². The third-order valence-corrected chi connectivity index (χ3v) is 11.0. The average Bonchev–Trinajstić information content (AvgIpc) is 3.99. The van der Waals surface area contributed by atoms with Crippen LogP contribution in [0.5, 0.6) is 0 Å². The summed E-state index contributed by atoms with van der Waals surface area (Å²) in [7, 11) is 0. The molecule has 274 valence electrons. The number of fused-ring (bicyclic) bond motifs is 8. The molecule has 2 aliphatic heterocycles. The van der Waals surface area contributed by atoms with E-state index in [-0.39, 0.29) is 19.5 Å². The molecule has 0 fully saturated rings. The molecule has 6 rings (SSSR count). The summed E-state index contributed by atoms with van der Waals surface area (Å²) in [6.45, 7) is 6.83. The van der Waals surface area contributed by atoms with Gasteiger partial charge in [-0.05, 0) is 108 Å². The van der Waals surface area contributed by atoms with Crippen LogP contribution in [0.1, 0.15) is 157 Å². The van der Waals surface area contributed by atoms with Gasteiger partial charge in [-0.25, -0.2) is 15.0 Å². The number of nitrogens with zero attached hydrogens (tertiary/aromatic N) is 5. The van der Waals surface area contributed by atoms with Gasteiger partial charge in [-0.3, -0.25) is 0 Å². The van der Waals surface area contributed by atoms with E-state index in [0.717, 1.165) is 99.1 Å². The van der Waals surface area contributed by atoms with Gasteiger partial charge in [0.2, 0.25) is 0 Å². The number of pyridine rings is 1. The summed E-state index contributed by atoms with van der Waals surface area (Å²) in [5.41, 5.74) is 13.8. The maximum absolute atomic E-state index is 5.40. The number of halogens is 1. The van der Waals surface area contributed by atoms with Gasteiger partial charge >= 0.3 is 19.5 Å². The van der Waals surface area contributed by atoms with Crippen molar-refractivity contribution in [3.8, 4) is 11.1 Å². The largest absolute Gasteiger partial charge is 2.00 e. The first-order chi connectivity index (χ1) is 25.6. The smallest absolute Gasteiger partial charge is 0.657 e. The van der Waals surface area contributed by atoms with E-state index in [9.17, 15) is 0 Å². The summed E-state index contributed by atoms with van der Waals surface area (Å²) in [6.07, 6.45) is 31.9. The summed E-state index contributed by atoms with van der Waals surface area (Å²) < 4.78 is 0.793. The minimum atomic E-state index is 0. The van der Waals surface area contributed by atoms with Gasteiger partial charge in [0.25, 0.3) is 0 Å². The number of hydrogen-bond donors (Lipinski definition) is 0. The van der Waals surface area contributed by atoms with Gasteiger partial charge in [-0.15, -0.1) is 22.1 Å². The maximum Gasteiger partial charge on any atom is 2.00 e. The van der Waals surface area contributed by atoms with Gasteiger partial charge in [0.15, 0.2) is 0 Å². The topological polar surface area (TPSA) is 66.9 Å². The first-order valence-electron chi connectivity index (χ1n) is 20.2. The minimum absolute atomic E-state index is 0. The van der Waals surface area contributed by atoms with Crippen LogP contribution in [0.25, 0.3) is 57.5 Å². The van der Waals surface area contributed by atoms with Crippen molar-refractivity contribution in [2.24, 2.45) is 0 Å². The van der Waals surface area contributed by atoms with E-state index >= 15 is 0 Å². The van der Waals surface area contributed by atoms with Crippen LogP contribution in [-0.2, 0) is 38.7 Å². The molecule has 6 heterocycles. The van der Waals surface area contributed by atoms with Gasteiger partial charge in [-0.2, -0.15) is 0 Å². The van der Waals surface area contributed by atoms with Crippen LogP contribution in [-0.4, -0.2) is 15.0 Å². The molecule has 53 heavy (non-hydrogen) atoms. The summed E-state index contributed by atoms with van der Waals surface area (Å²) >= 11 is 3.63. The fraction of sp³-hybridized carbons (Fsp3) is 0.457. The molecule has 4 aromatic rings. The predicted molar refractivity (Wildman–Crippen MR) is 225 cm³/mol. The normalized spacial score (nSPS) is 12.1. The Morgan fingerprint density at radius 2 is 0.887 bits per heavy atom. The molecule has 0 radical (unpaired) electrons. The van der Waals surface area contributed by atoms with Crippen molar-refractivity contribution in [1.29, 1.82) is 0 Å². The molecule has 0 saturated heterocycles. The fourth-order valence-electron chi connectivity index (χ4n) is 7.60. The SMILES string of the molecule is CCCCCCCc1c2nc(c(-c3ccnc(Br)c3)c3nc(c(CCCCCCC)c4ccc([n-]4)c(CCCCCCC)c4ccc1[n-]4)C=C3)C=C2.[Zn+2].